The monoisotopic (exact) mass is 437 g/mol. The van der Waals surface area contributed by atoms with Crippen molar-refractivity contribution in [2.24, 2.45) is 0 Å². The Hall–Kier alpha value is -4.38. The highest BCUT2D eigenvalue weighted by Gasteiger charge is 2.29. The number of rotatable bonds is 6. The number of nitrogens with zero attached hydrogens (tertiary/aromatic N) is 5. The Bertz CT molecular complexity index is 1340. The number of aromatic nitrogens is 4. The fourth-order valence-electron chi connectivity index (χ4n) is 4.33. The summed E-state index contributed by atoms with van der Waals surface area (Å²) in [5.41, 5.74) is 5.11. The molecule has 0 radical (unpaired) electrons. The smallest absolute Gasteiger partial charge is 0.287 e. The predicted octanol–water partition coefficient (Wildman–Crippen LogP) is 5.09. The average molecular weight is 438 g/mol. The van der Waals surface area contributed by atoms with Gasteiger partial charge in [-0.2, -0.15) is 4.98 Å². The summed E-state index contributed by atoms with van der Waals surface area (Å²) in [7, 11) is 3.51. The normalized spacial score (nSPS) is 14.4. The molecule has 0 bridgehead atoms. The summed E-state index contributed by atoms with van der Waals surface area (Å²) < 4.78 is 7.36. The second-order valence-corrected chi connectivity index (χ2v) is 7.77. The SMILES string of the molecule is [C-]#[N+]c1cn(-c2ccc(Nc3nc(NC)c4c(n3)C(c3ccccc3)CC4)cc2OC)cn1. The Morgan fingerprint density at radius 2 is 2.00 bits per heavy atom. The Morgan fingerprint density at radius 3 is 2.73 bits per heavy atom. The maximum Gasteiger partial charge on any atom is 0.287 e. The van der Waals surface area contributed by atoms with E-state index in [9.17, 15) is 0 Å². The van der Waals surface area contributed by atoms with Crippen LogP contribution in [-0.2, 0) is 6.42 Å². The fraction of sp³-hybridized carbons (Fsp3) is 0.200. The van der Waals surface area contributed by atoms with E-state index in [-0.39, 0.29) is 5.92 Å². The van der Waals surface area contributed by atoms with Gasteiger partial charge in [0, 0.05) is 36.5 Å². The van der Waals surface area contributed by atoms with Gasteiger partial charge in [0.25, 0.3) is 5.82 Å². The van der Waals surface area contributed by atoms with Gasteiger partial charge in [-0.3, -0.25) is 4.57 Å². The Labute approximate surface area is 192 Å². The van der Waals surface area contributed by atoms with Gasteiger partial charge in [-0.15, -0.1) is 4.98 Å². The van der Waals surface area contributed by atoms with Crippen molar-refractivity contribution in [2.75, 3.05) is 24.8 Å². The van der Waals surface area contributed by atoms with Gasteiger partial charge in [0.2, 0.25) is 5.95 Å². The average Bonchev–Trinajstić information content (AvgIpc) is 3.51. The molecule has 0 amide bonds. The number of ether oxygens (including phenoxy) is 1. The first-order chi connectivity index (χ1) is 16.2. The first-order valence-electron chi connectivity index (χ1n) is 10.7. The first kappa shape index (κ1) is 20.5. The molecule has 2 aromatic heterocycles. The van der Waals surface area contributed by atoms with Crippen molar-refractivity contribution in [3.8, 4) is 11.4 Å². The zero-order valence-corrected chi connectivity index (χ0v) is 18.4. The molecule has 5 rings (SSSR count). The number of anilines is 3. The maximum atomic E-state index is 7.12. The lowest BCUT2D eigenvalue weighted by molar-refractivity contribution is 0.413. The molecule has 164 valence electrons. The zero-order chi connectivity index (χ0) is 22.8. The topological polar surface area (TPSA) is 81.2 Å². The molecular formula is C25H23N7O. The zero-order valence-electron chi connectivity index (χ0n) is 18.4. The van der Waals surface area contributed by atoms with Crippen molar-refractivity contribution in [2.45, 2.75) is 18.8 Å². The number of fused-ring (bicyclic) bond motifs is 1. The summed E-state index contributed by atoms with van der Waals surface area (Å²) >= 11 is 0. The van der Waals surface area contributed by atoms with Crippen molar-refractivity contribution >= 4 is 23.3 Å². The minimum absolute atomic E-state index is 0.256. The van der Waals surface area contributed by atoms with Gasteiger partial charge in [0.1, 0.15) is 11.6 Å². The number of hydrogen-bond donors (Lipinski definition) is 2. The molecule has 1 aliphatic carbocycles. The predicted molar refractivity (Wildman–Crippen MR) is 128 cm³/mol. The molecular weight excluding hydrogens is 414 g/mol. The van der Waals surface area contributed by atoms with Crippen LogP contribution in [0.2, 0.25) is 0 Å². The molecule has 0 saturated heterocycles. The van der Waals surface area contributed by atoms with Crippen LogP contribution in [0.3, 0.4) is 0 Å². The van der Waals surface area contributed by atoms with Gasteiger partial charge in [0.15, 0.2) is 6.33 Å². The van der Waals surface area contributed by atoms with Crippen molar-refractivity contribution < 1.29 is 4.74 Å². The second kappa shape index (κ2) is 8.63. The van der Waals surface area contributed by atoms with Crippen LogP contribution in [0.1, 0.15) is 29.2 Å². The summed E-state index contributed by atoms with van der Waals surface area (Å²) in [6, 6.07) is 16.2. The quantitative estimate of drug-likeness (QED) is 0.409. The van der Waals surface area contributed by atoms with Gasteiger partial charge >= 0.3 is 0 Å². The molecule has 1 atom stereocenters. The largest absolute Gasteiger partial charge is 0.494 e. The van der Waals surface area contributed by atoms with E-state index < -0.39 is 0 Å². The minimum atomic E-state index is 0.256. The molecule has 0 fully saturated rings. The van der Waals surface area contributed by atoms with Gasteiger partial charge in [-0.1, -0.05) is 36.9 Å². The molecule has 1 aliphatic rings. The third-order valence-electron chi connectivity index (χ3n) is 5.89. The van der Waals surface area contributed by atoms with Gasteiger partial charge < -0.3 is 20.2 Å². The lowest BCUT2D eigenvalue weighted by atomic mass is 9.97. The minimum Gasteiger partial charge on any atom is -0.494 e. The van der Waals surface area contributed by atoms with Crippen LogP contribution in [0, 0.1) is 6.57 Å². The maximum absolute atomic E-state index is 7.12. The van der Waals surface area contributed by atoms with Crippen LogP contribution in [0.5, 0.6) is 5.75 Å². The first-order valence-corrected chi connectivity index (χ1v) is 10.7. The molecule has 8 heteroatoms. The Kier molecular flexibility index (Phi) is 5.37. The van der Waals surface area contributed by atoms with E-state index >= 15 is 0 Å². The summed E-state index contributed by atoms with van der Waals surface area (Å²) in [6.45, 7) is 7.12. The highest BCUT2D eigenvalue weighted by atomic mass is 16.5. The van der Waals surface area contributed by atoms with Crippen molar-refractivity contribution in [1.29, 1.82) is 0 Å². The third-order valence-corrected chi connectivity index (χ3v) is 5.89. The van der Waals surface area contributed by atoms with Crippen LogP contribution in [0.15, 0.2) is 61.1 Å². The van der Waals surface area contributed by atoms with E-state index in [1.165, 1.54) is 11.1 Å². The van der Waals surface area contributed by atoms with Crippen LogP contribution >= 0.6 is 0 Å². The number of imidazole rings is 1. The molecule has 2 heterocycles. The molecule has 4 aromatic rings. The van der Waals surface area contributed by atoms with E-state index in [2.05, 4.69) is 44.7 Å². The lowest BCUT2D eigenvalue weighted by Crippen LogP contribution is -2.08. The van der Waals surface area contributed by atoms with Crippen LogP contribution < -0.4 is 15.4 Å². The summed E-state index contributed by atoms with van der Waals surface area (Å²) in [5.74, 6) is 2.62. The van der Waals surface area contributed by atoms with Gasteiger partial charge in [-0.05, 0) is 30.5 Å². The Balaban J connectivity index is 1.48. The van der Waals surface area contributed by atoms with E-state index in [0.29, 0.717) is 17.5 Å². The van der Waals surface area contributed by atoms with Crippen molar-refractivity contribution in [1.82, 2.24) is 19.5 Å². The summed E-state index contributed by atoms with van der Waals surface area (Å²) in [6.07, 6.45) is 5.24. The molecule has 0 saturated carbocycles. The van der Waals surface area contributed by atoms with Gasteiger partial charge in [0.05, 0.1) is 18.5 Å². The number of hydrogen-bond acceptors (Lipinski definition) is 6. The molecule has 8 nitrogen and oxygen atoms in total. The van der Waals surface area contributed by atoms with Crippen LogP contribution in [0.4, 0.5) is 23.3 Å². The summed E-state index contributed by atoms with van der Waals surface area (Å²) in [5, 5.41) is 6.57. The highest BCUT2D eigenvalue weighted by molar-refractivity contribution is 5.64. The third kappa shape index (κ3) is 3.85. The van der Waals surface area contributed by atoms with Crippen molar-refractivity contribution in [3.63, 3.8) is 0 Å². The molecule has 0 aliphatic heterocycles. The molecule has 1 unspecified atom stereocenters. The molecule has 33 heavy (non-hydrogen) atoms. The number of benzene rings is 2. The summed E-state index contributed by atoms with van der Waals surface area (Å²) in [4.78, 5) is 17.1. The van der Waals surface area contributed by atoms with Crippen molar-refractivity contribution in [3.05, 3.63) is 89.3 Å². The molecule has 2 N–H and O–H groups in total. The highest BCUT2D eigenvalue weighted by Crippen LogP contribution is 2.40. The van der Waals surface area contributed by atoms with Crippen LogP contribution in [0.25, 0.3) is 10.5 Å². The Morgan fingerprint density at radius 1 is 1.15 bits per heavy atom. The van der Waals surface area contributed by atoms with Gasteiger partial charge in [-0.25, -0.2) is 4.98 Å². The lowest BCUT2D eigenvalue weighted by Gasteiger charge is -2.16. The van der Waals surface area contributed by atoms with E-state index in [0.717, 1.165) is 35.7 Å². The molecule has 0 spiro atoms. The standard InChI is InChI=1S/C25H23N7O/c1-26-22-14-32(15-28-22)20-12-9-17(13-21(20)33-3)29-25-30-23-18(16-7-5-4-6-8-16)10-11-19(23)24(27-2)31-25/h4-9,12-15,18H,10-11H2,2-3H3,(H2,27,29,30,31). The molecule has 2 aromatic carbocycles. The van der Waals surface area contributed by atoms with E-state index in [1.807, 2.05) is 31.3 Å². The number of nitrogens with one attached hydrogen (secondary N) is 2. The van der Waals surface area contributed by atoms with E-state index in [4.69, 9.17) is 21.3 Å². The fourth-order valence-corrected chi connectivity index (χ4v) is 4.33. The van der Waals surface area contributed by atoms with E-state index in [1.54, 1.807) is 24.2 Å². The second-order valence-electron chi connectivity index (χ2n) is 7.77. The number of methoxy groups -OCH3 is 1. The van der Waals surface area contributed by atoms with Crippen LogP contribution in [-0.4, -0.2) is 33.7 Å².